The lowest BCUT2D eigenvalue weighted by atomic mass is 9.88. The molecule has 1 rings (SSSR count). The third-order valence-electron chi connectivity index (χ3n) is 5.20. The lowest BCUT2D eigenvalue weighted by Crippen LogP contribution is -2.18. The Morgan fingerprint density at radius 2 is 1.88 bits per heavy atom. The molecule has 140 valence electrons. The van der Waals surface area contributed by atoms with Crippen LogP contribution in [0.3, 0.4) is 0 Å². The van der Waals surface area contributed by atoms with E-state index in [1.165, 1.54) is 6.42 Å². The van der Waals surface area contributed by atoms with Crippen LogP contribution in [0.25, 0.3) is 0 Å². The Balaban J connectivity index is 2.27. The van der Waals surface area contributed by atoms with Gasteiger partial charge in [-0.2, -0.15) is 0 Å². The molecule has 0 saturated heterocycles. The van der Waals surface area contributed by atoms with Crippen molar-refractivity contribution in [2.75, 3.05) is 0 Å². The summed E-state index contributed by atoms with van der Waals surface area (Å²) >= 11 is 0. The number of rotatable bonds is 13. The largest absolute Gasteiger partial charge is 0.481 e. The zero-order valence-corrected chi connectivity index (χ0v) is 15.2. The average molecular weight is 341 g/mol. The van der Waals surface area contributed by atoms with E-state index in [1.807, 2.05) is 6.08 Å². The summed E-state index contributed by atoms with van der Waals surface area (Å²) < 4.78 is 0. The van der Waals surface area contributed by atoms with Gasteiger partial charge in [0.05, 0.1) is 12.2 Å². The van der Waals surface area contributed by atoms with E-state index in [2.05, 4.69) is 13.0 Å². The van der Waals surface area contributed by atoms with Gasteiger partial charge in [-0.1, -0.05) is 57.6 Å². The van der Waals surface area contributed by atoms with Crippen LogP contribution in [0.4, 0.5) is 0 Å². The molecule has 1 saturated carbocycles. The third kappa shape index (κ3) is 8.84. The summed E-state index contributed by atoms with van der Waals surface area (Å²) in [6.07, 6.45) is 14.6. The van der Waals surface area contributed by atoms with E-state index >= 15 is 0 Å². The molecule has 0 aliphatic heterocycles. The molecular formula is C20H36O4. The first kappa shape index (κ1) is 21.2. The van der Waals surface area contributed by atoms with Crippen molar-refractivity contribution < 1.29 is 20.1 Å². The maximum absolute atomic E-state index is 10.5. The molecule has 0 amide bonds. The Hall–Kier alpha value is -0.870. The second-order valence-electron chi connectivity index (χ2n) is 7.27. The van der Waals surface area contributed by atoms with Crippen molar-refractivity contribution in [3.05, 3.63) is 12.2 Å². The van der Waals surface area contributed by atoms with Crippen molar-refractivity contribution in [3.63, 3.8) is 0 Å². The Kier molecular flexibility index (Phi) is 11.0. The molecule has 1 fully saturated rings. The minimum absolute atomic E-state index is 0.226. The lowest BCUT2D eigenvalue weighted by Gasteiger charge is -2.20. The average Bonchev–Trinajstić information content (AvgIpc) is 2.89. The highest BCUT2D eigenvalue weighted by molar-refractivity contribution is 5.66. The van der Waals surface area contributed by atoms with Gasteiger partial charge in [-0.15, -0.1) is 0 Å². The number of carboxylic acid groups (broad SMARTS) is 1. The number of hydrogen-bond donors (Lipinski definition) is 3. The molecule has 4 nitrogen and oxygen atoms in total. The van der Waals surface area contributed by atoms with Gasteiger partial charge in [0, 0.05) is 6.42 Å². The van der Waals surface area contributed by atoms with Crippen molar-refractivity contribution >= 4 is 5.97 Å². The zero-order chi connectivity index (χ0) is 17.8. The first-order valence-corrected chi connectivity index (χ1v) is 9.80. The summed E-state index contributed by atoms with van der Waals surface area (Å²) in [7, 11) is 0. The fourth-order valence-corrected chi connectivity index (χ4v) is 3.70. The summed E-state index contributed by atoms with van der Waals surface area (Å²) in [5.74, 6) is -0.0488. The van der Waals surface area contributed by atoms with Gasteiger partial charge >= 0.3 is 5.97 Å². The van der Waals surface area contributed by atoms with Crippen LogP contribution in [-0.2, 0) is 4.79 Å². The topological polar surface area (TPSA) is 77.8 Å². The molecule has 1 aliphatic carbocycles. The number of unbranched alkanes of at least 4 members (excludes halogenated alkanes) is 5. The van der Waals surface area contributed by atoms with Gasteiger partial charge < -0.3 is 15.3 Å². The van der Waals surface area contributed by atoms with E-state index in [1.54, 1.807) is 0 Å². The summed E-state index contributed by atoms with van der Waals surface area (Å²) in [6.45, 7) is 2.16. The van der Waals surface area contributed by atoms with E-state index in [4.69, 9.17) is 5.11 Å². The fraction of sp³-hybridized carbons (Fsp3) is 0.850. The Labute approximate surface area is 147 Å². The van der Waals surface area contributed by atoms with Crippen molar-refractivity contribution in [1.82, 2.24) is 0 Å². The molecule has 1 aliphatic rings. The van der Waals surface area contributed by atoms with Crippen molar-refractivity contribution in [2.24, 2.45) is 11.8 Å². The smallest absolute Gasteiger partial charge is 0.303 e. The number of aliphatic hydroxyl groups excluding tert-OH is 2. The predicted molar refractivity (Wildman–Crippen MR) is 96.8 cm³/mol. The van der Waals surface area contributed by atoms with Crippen LogP contribution in [0.1, 0.15) is 84.0 Å². The van der Waals surface area contributed by atoms with Crippen LogP contribution in [0.2, 0.25) is 0 Å². The fourth-order valence-electron chi connectivity index (χ4n) is 3.70. The van der Waals surface area contributed by atoms with E-state index in [-0.39, 0.29) is 18.6 Å². The highest BCUT2D eigenvalue weighted by Crippen LogP contribution is 2.36. The Morgan fingerprint density at radius 1 is 1.12 bits per heavy atom. The van der Waals surface area contributed by atoms with Crippen LogP contribution in [0.15, 0.2) is 12.2 Å². The molecule has 0 aromatic carbocycles. The molecule has 4 heteroatoms. The standard InChI is InChI=1S/C20H36O4/c1-2-3-6-9-17(21)14-12-16-13-15-19(22)18(16)10-7-4-5-8-11-20(23)24/h12,14,16-19,21-22H,2-11,13,15H2,1H3,(H,23,24)/b14-12+/t16?,17?,18?,19-/m1/s1. The molecule has 0 heterocycles. The molecule has 0 aromatic heterocycles. The van der Waals surface area contributed by atoms with Gasteiger partial charge in [0.2, 0.25) is 0 Å². The predicted octanol–water partition coefficient (Wildman–Crippen LogP) is 4.30. The van der Waals surface area contributed by atoms with Crippen molar-refractivity contribution in [3.8, 4) is 0 Å². The quantitative estimate of drug-likeness (QED) is 0.345. The third-order valence-corrected chi connectivity index (χ3v) is 5.20. The molecule has 0 radical (unpaired) electrons. The molecule has 4 atom stereocenters. The molecule has 0 bridgehead atoms. The second-order valence-corrected chi connectivity index (χ2v) is 7.27. The molecule has 0 spiro atoms. The number of carbonyl (C=O) groups is 1. The molecule has 24 heavy (non-hydrogen) atoms. The highest BCUT2D eigenvalue weighted by Gasteiger charge is 2.32. The minimum atomic E-state index is -0.719. The van der Waals surface area contributed by atoms with Gasteiger partial charge in [-0.05, 0) is 43.9 Å². The second kappa shape index (κ2) is 12.5. The minimum Gasteiger partial charge on any atom is -0.481 e. The summed E-state index contributed by atoms with van der Waals surface area (Å²) in [6, 6.07) is 0. The molecule has 0 aromatic rings. The van der Waals surface area contributed by atoms with Gasteiger partial charge in [0.1, 0.15) is 0 Å². The molecular weight excluding hydrogens is 304 g/mol. The number of carboxylic acids is 1. The van der Waals surface area contributed by atoms with Gasteiger partial charge in [-0.3, -0.25) is 4.79 Å². The van der Waals surface area contributed by atoms with Crippen LogP contribution >= 0.6 is 0 Å². The maximum atomic E-state index is 10.5. The summed E-state index contributed by atoms with van der Waals surface area (Å²) in [5.41, 5.74) is 0. The maximum Gasteiger partial charge on any atom is 0.303 e. The number of aliphatic carboxylic acids is 1. The van der Waals surface area contributed by atoms with Crippen LogP contribution in [0.5, 0.6) is 0 Å². The Bertz CT molecular complexity index is 367. The number of allylic oxidation sites excluding steroid dienone is 1. The molecule has 3 N–H and O–H groups in total. The molecule has 3 unspecified atom stereocenters. The normalized spacial score (nSPS) is 25.4. The van der Waals surface area contributed by atoms with E-state index in [0.717, 1.165) is 64.2 Å². The van der Waals surface area contributed by atoms with Gasteiger partial charge in [0.15, 0.2) is 0 Å². The number of hydrogen-bond acceptors (Lipinski definition) is 3. The van der Waals surface area contributed by atoms with Crippen LogP contribution < -0.4 is 0 Å². The number of aliphatic hydroxyl groups is 2. The monoisotopic (exact) mass is 340 g/mol. The zero-order valence-electron chi connectivity index (χ0n) is 15.2. The highest BCUT2D eigenvalue weighted by atomic mass is 16.4. The SMILES string of the molecule is CCCCCC(O)/C=C/C1CC[C@@H](O)C1CCCCCCC(=O)O. The van der Waals surface area contributed by atoms with E-state index in [9.17, 15) is 15.0 Å². The van der Waals surface area contributed by atoms with Crippen molar-refractivity contribution in [2.45, 2.75) is 96.2 Å². The lowest BCUT2D eigenvalue weighted by molar-refractivity contribution is -0.137. The summed E-state index contributed by atoms with van der Waals surface area (Å²) in [5, 5.41) is 28.8. The van der Waals surface area contributed by atoms with Crippen LogP contribution in [0, 0.1) is 11.8 Å². The van der Waals surface area contributed by atoms with Crippen LogP contribution in [-0.4, -0.2) is 33.5 Å². The Morgan fingerprint density at radius 3 is 2.58 bits per heavy atom. The summed E-state index contributed by atoms with van der Waals surface area (Å²) in [4.78, 5) is 10.5. The van der Waals surface area contributed by atoms with E-state index < -0.39 is 5.97 Å². The van der Waals surface area contributed by atoms with E-state index in [0.29, 0.717) is 11.8 Å². The van der Waals surface area contributed by atoms with Gasteiger partial charge in [0.25, 0.3) is 0 Å². The van der Waals surface area contributed by atoms with Gasteiger partial charge in [-0.25, -0.2) is 0 Å². The first-order valence-electron chi connectivity index (χ1n) is 9.80. The van der Waals surface area contributed by atoms with Crippen molar-refractivity contribution in [1.29, 1.82) is 0 Å². The first-order chi connectivity index (χ1) is 11.5.